The lowest BCUT2D eigenvalue weighted by Gasteiger charge is -2.24. The van der Waals surface area contributed by atoms with Crippen molar-refractivity contribution in [1.82, 2.24) is 5.32 Å². The number of hydrogen-bond acceptors (Lipinski definition) is 2. The molecule has 1 aliphatic rings. The van der Waals surface area contributed by atoms with Gasteiger partial charge in [-0.3, -0.25) is 4.79 Å². The van der Waals surface area contributed by atoms with Gasteiger partial charge in [-0.1, -0.05) is 25.5 Å². The van der Waals surface area contributed by atoms with Crippen molar-refractivity contribution in [1.29, 1.82) is 0 Å². The Hall–Kier alpha value is -1.51. The largest absolute Gasteiger partial charge is 0.490 e. The molecule has 0 atom stereocenters. The van der Waals surface area contributed by atoms with Gasteiger partial charge in [-0.25, -0.2) is 0 Å². The first-order valence-corrected chi connectivity index (χ1v) is 7.35. The Morgan fingerprint density at radius 1 is 1.26 bits per heavy atom. The number of rotatable bonds is 5. The summed E-state index contributed by atoms with van der Waals surface area (Å²) in [6.45, 7) is 2.75. The summed E-state index contributed by atoms with van der Waals surface area (Å²) in [6.07, 6.45) is 7.18. The Balaban J connectivity index is 2.04. The van der Waals surface area contributed by atoms with Gasteiger partial charge in [0.2, 0.25) is 0 Å². The molecule has 1 aromatic carbocycles. The average Bonchev–Trinajstić information content (AvgIpc) is 2.46. The molecule has 3 nitrogen and oxygen atoms in total. The summed E-state index contributed by atoms with van der Waals surface area (Å²) in [5, 5.41) is 2.91. The molecule has 0 saturated heterocycles. The number of amides is 1. The molecule has 3 heteroatoms. The fraction of sp³-hybridized carbons (Fsp3) is 0.562. The normalized spacial score (nSPS) is 16.1. The Bertz CT molecular complexity index is 411. The molecule has 0 heterocycles. The molecular formula is C16H23NO2. The summed E-state index contributed by atoms with van der Waals surface area (Å²) < 4.78 is 6.03. The maximum Gasteiger partial charge on any atom is 0.255 e. The molecule has 19 heavy (non-hydrogen) atoms. The first-order valence-electron chi connectivity index (χ1n) is 7.35. The Morgan fingerprint density at radius 2 is 2.00 bits per heavy atom. The van der Waals surface area contributed by atoms with E-state index < -0.39 is 0 Å². The van der Waals surface area contributed by atoms with E-state index in [-0.39, 0.29) is 12.0 Å². The summed E-state index contributed by atoms with van der Waals surface area (Å²) in [5.74, 6) is 0.691. The van der Waals surface area contributed by atoms with Gasteiger partial charge in [-0.2, -0.15) is 0 Å². The zero-order valence-corrected chi connectivity index (χ0v) is 11.7. The number of nitrogens with one attached hydrogen (secondary N) is 1. The minimum atomic E-state index is -0.0340. The van der Waals surface area contributed by atoms with Crippen molar-refractivity contribution < 1.29 is 9.53 Å². The van der Waals surface area contributed by atoms with Crippen LogP contribution in [0.2, 0.25) is 0 Å². The third-order valence-electron chi connectivity index (χ3n) is 3.51. The highest BCUT2D eigenvalue weighted by Gasteiger charge is 2.18. The highest BCUT2D eigenvalue weighted by molar-refractivity contribution is 5.96. The van der Waals surface area contributed by atoms with Crippen molar-refractivity contribution in [3.8, 4) is 5.75 Å². The molecule has 0 spiro atoms. The van der Waals surface area contributed by atoms with Crippen LogP contribution in [0.4, 0.5) is 0 Å². The number of carbonyl (C=O) groups is 1. The lowest BCUT2D eigenvalue weighted by Crippen LogP contribution is -2.26. The molecule has 0 bridgehead atoms. The molecule has 0 unspecified atom stereocenters. The molecule has 104 valence electrons. The highest BCUT2D eigenvalue weighted by atomic mass is 16.5. The number of carbonyl (C=O) groups excluding carboxylic acids is 1. The zero-order valence-electron chi connectivity index (χ0n) is 11.7. The van der Waals surface area contributed by atoms with Gasteiger partial charge in [0.25, 0.3) is 5.91 Å². The van der Waals surface area contributed by atoms with E-state index in [0.717, 1.165) is 25.0 Å². The van der Waals surface area contributed by atoms with Crippen LogP contribution in [-0.4, -0.2) is 18.6 Å². The van der Waals surface area contributed by atoms with Crippen LogP contribution in [-0.2, 0) is 0 Å². The smallest absolute Gasteiger partial charge is 0.255 e. The van der Waals surface area contributed by atoms with Gasteiger partial charge in [-0.15, -0.1) is 0 Å². The van der Waals surface area contributed by atoms with Crippen molar-refractivity contribution in [3.05, 3.63) is 29.8 Å². The number of para-hydroxylation sites is 1. The molecule has 1 amide bonds. The van der Waals surface area contributed by atoms with E-state index in [1.54, 1.807) is 0 Å². The van der Waals surface area contributed by atoms with Gasteiger partial charge in [0, 0.05) is 6.54 Å². The second-order valence-corrected chi connectivity index (χ2v) is 5.13. The lowest BCUT2D eigenvalue weighted by atomic mass is 9.97. The summed E-state index contributed by atoms with van der Waals surface area (Å²) in [4.78, 5) is 12.1. The fourth-order valence-corrected chi connectivity index (χ4v) is 2.45. The zero-order chi connectivity index (χ0) is 13.5. The summed E-state index contributed by atoms with van der Waals surface area (Å²) >= 11 is 0. The van der Waals surface area contributed by atoms with E-state index in [1.165, 1.54) is 19.3 Å². The Morgan fingerprint density at radius 3 is 2.74 bits per heavy atom. The first kappa shape index (κ1) is 13.9. The molecule has 1 aliphatic carbocycles. The van der Waals surface area contributed by atoms with Crippen LogP contribution in [0.25, 0.3) is 0 Å². The molecule has 0 aromatic heterocycles. The van der Waals surface area contributed by atoms with E-state index in [9.17, 15) is 4.79 Å². The van der Waals surface area contributed by atoms with Crippen LogP contribution >= 0.6 is 0 Å². The van der Waals surface area contributed by atoms with E-state index in [0.29, 0.717) is 12.1 Å². The van der Waals surface area contributed by atoms with Crippen LogP contribution in [0.5, 0.6) is 5.75 Å². The average molecular weight is 261 g/mol. The molecule has 1 fully saturated rings. The van der Waals surface area contributed by atoms with Gasteiger partial charge in [0.05, 0.1) is 11.7 Å². The second kappa shape index (κ2) is 7.17. The van der Waals surface area contributed by atoms with E-state index in [4.69, 9.17) is 4.74 Å². The van der Waals surface area contributed by atoms with Crippen LogP contribution < -0.4 is 10.1 Å². The van der Waals surface area contributed by atoms with Crippen molar-refractivity contribution in [2.24, 2.45) is 0 Å². The van der Waals surface area contributed by atoms with Gasteiger partial charge >= 0.3 is 0 Å². The van der Waals surface area contributed by atoms with Crippen molar-refractivity contribution in [3.63, 3.8) is 0 Å². The quantitative estimate of drug-likeness (QED) is 0.880. The first-order chi connectivity index (χ1) is 9.31. The number of benzene rings is 1. The van der Waals surface area contributed by atoms with Crippen LogP contribution in [0.3, 0.4) is 0 Å². The van der Waals surface area contributed by atoms with Gasteiger partial charge in [0.1, 0.15) is 5.75 Å². The number of hydrogen-bond donors (Lipinski definition) is 1. The van der Waals surface area contributed by atoms with Gasteiger partial charge in [0.15, 0.2) is 0 Å². The predicted octanol–water partition coefficient (Wildman–Crippen LogP) is 3.54. The van der Waals surface area contributed by atoms with Crippen molar-refractivity contribution >= 4 is 5.91 Å². The highest BCUT2D eigenvalue weighted by Crippen LogP contribution is 2.25. The third-order valence-corrected chi connectivity index (χ3v) is 3.51. The second-order valence-electron chi connectivity index (χ2n) is 5.13. The predicted molar refractivity (Wildman–Crippen MR) is 76.6 cm³/mol. The van der Waals surface area contributed by atoms with Crippen LogP contribution in [0.15, 0.2) is 24.3 Å². The number of ether oxygens (including phenoxy) is 1. The van der Waals surface area contributed by atoms with E-state index in [2.05, 4.69) is 5.32 Å². The Kier molecular flexibility index (Phi) is 5.25. The van der Waals surface area contributed by atoms with Crippen molar-refractivity contribution in [2.45, 2.75) is 51.6 Å². The van der Waals surface area contributed by atoms with Crippen molar-refractivity contribution in [2.75, 3.05) is 6.54 Å². The third kappa shape index (κ3) is 3.98. The summed E-state index contributed by atoms with van der Waals surface area (Å²) in [7, 11) is 0. The fourth-order valence-electron chi connectivity index (χ4n) is 2.45. The van der Waals surface area contributed by atoms with E-state index >= 15 is 0 Å². The maximum absolute atomic E-state index is 12.1. The van der Waals surface area contributed by atoms with Gasteiger partial charge < -0.3 is 10.1 Å². The Labute approximate surface area is 115 Å². The molecular weight excluding hydrogens is 238 g/mol. The van der Waals surface area contributed by atoms with Crippen LogP contribution in [0, 0.1) is 0 Å². The molecule has 0 aliphatic heterocycles. The molecule has 1 saturated carbocycles. The summed E-state index contributed by atoms with van der Waals surface area (Å²) in [5.41, 5.74) is 0.654. The van der Waals surface area contributed by atoms with Crippen LogP contribution in [0.1, 0.15) is 55.8 Å². The standard InChI is InChI=1S/C16H23NO2/c1-2-12-17-16(18)14-10-6-7-11-15(14)19-13-8-4-3-5-9-13/h6-7,10-11,13H,2-5,8-9,12H2,1H3,(H,17,18). The lowest BCUT2D eigenvalue weighted by molar-refractivity contribution is 0.0941. The minimum Gasteiger partial charge on any atom is -0.490 e. The monoisotopic (exact) mass is 261 g/mol. The molecule has 1 N–H and O–H groups in total. The molecule has 0 radical (unpaired) electrons. The van der Waals surface area contributed by atoms with E-state index in [1.807, 2.05) is 31.2 Å². The SMILES string of the molecule is CCCNC(=O)c1ccccc1OC1CCCCC1. The van der Waals surface area contributed by atoms with Gasteiger partial charge in [-0.05, 0) is 44.2 Å². The topological polar surface area (TPSA) is 38.3 Å². The summed E-state index contributed by atoms with van der Waals surface area (Å²) in [6, 6.07) is 7.54. The molecule has 1 aromatic rings. The minimum absolute atomic E-state index is 0.0340. The molecule has 2 rings (SSSR count). The maximum atomic E-state index is 12.1.